The molecule has 0 bridgehead atoms. The molecule has 0 aliphatic rings. The highest BCUT2D eigenvalue weighted by Crippen LogP contribution is 2.31. The molecule has 0 unspecified atom stereocenters. The van der Waals surface area contributed by atoms with E-state index in [2.05, 4.69) is 15.9 Å². The number of halogens is 1. The van der Waals surface area contributed by atoms with E-state index in [1.54, 1.807) is 18.2 Å². The lowest BCUT2D eigenvalue weighted by molar-refractivity contribution is 0.100. The van der Waals surface area contributed by atoms with Crippen LogP contribution in [0.4, 0.5) is 0 Å². The standard InChI is InChI=1S/C14H11BrN2OS/c15-12-4-2-1-3-9(12)11-7-8(13(16)18)5-6-10(11)14(17)19/h1-7H,(H2,16,18)(H2,17,19). The van der Waals surface area contributed by atoms with Crippen LogP contribution in [0.2, 0.25) is 0 Å². The first-order valence-electron chi connectivity index (χ1n) is 5.49. The van der Waals surface area contributed by atoms with E-state index >= 15 is 0 Å². The van der Waals surface area contributed by atoms with Gasteiger partial charge < -0.3 is 11.5 Å². The van der Waals surface area contributed by atoms with Crippen molar-refractivity contribution in [2.45, 2.75) is 0 Å². The predicted octanol–water partition coefficient (Wildman–Crippen LogP) is 2.85. The normalized spacial score (nSPS) is 10.2. The maximum Gasteiger partial charge on any atom is 0.248 e. The van der Waals surface area contributed by atoms with Gasteiger partial charge in [-0.05, 0) is 29.3 Å². The Hall–Kier alpha value is -1.72. The van der Waals surface area contributed by atoms with Gasteiger partial charge in [-0.1, -0.05) is 52.4 Å². The minimum atomic E-state index is -0.484. The fraction of sp³-hybridized carbons (Fsp3) is 0. The second-order valence-corrected chi connectivity index (χ2v) is 5.26. The Morgan fingerprint density at radius 2 is 1.74 bits per heavy atom. The first kappa shape index (κ1) is 13.7. The maximum absolute atomic E-state index is 11.3. The second kappa shape index (κ2) is 5.50. The molecule has 0 atom stereocenters. The van der Waals surface area contributed by atoms with Crippen LogP contribution in [0, 0.1) is 0 Å². The van der Waals surface area contributed by atoms with Crippen molar-refractivity contribution < 1.29 is 4.79 Å². The van der Waals surface area contributed by atoms with Gasteiger partial charge in [0.1, 0.15) is 4.99 Å². The second-order valence-electron chi connectivity index (χ2n) is 3.97. The quantitative estimate of drug-likeness (QED) is 0.848. The third kappa shape index (κ3) is 2.83. The number of rotatable bonds is 3. The monoisotopic (exact) mass is 334 g/mol. The number of benzene rings is 2. The predicted molar refractivity (Wildman–Crippen MR) is 84.0 cm³/mol. The molecular weight excluding hydrogens is 324 g/mol. The number of amides is 1. The summed E-state index contributed by atoms with van der Waals surface area (Å²) < 4.78 is 0.897. The van der Waals surface area contributed by atoms with Gasteiger partial charge in [0.2, 0.25) is 5.91 Å². The lowest BCUT2D eigenvalue weighted by atomic mass is 9.97. The molecule has 0 spiro atoms. The van der Waals surface area contributed by atoms with Crippen molar-refractivity contribution >= 4 is 39.0 Å². The van der Waals surface area contributed by atoms with Crippen LogP contribution in [0.25, 0.3) is 11.1 Å². The third-order valence-electron chi connectivity index (χ3n) is 2.73. The molecule has 4 N–H and O–H groups in total. The van der Waals surface area contributed by atoms with E-state index in [-0.39, 0.29) is 4.99 Å². The molecule has 0 fully saturated rings. The molecule has 0 saturated heterocycles. The molecule has 2 aromatic carbocycles. The van der Waals surface area contributed by atoms with E-state index in [0.29, 0.717) is 11.1 Å². The highest BCUT2D eigenvalue weighted by Gasteiger charge is 2.12. The highest BCUT2D eigenvalue weighted by molar-refractivity contribution is 9.10. The topological polar surface area (TPSA) is 69.1 Å². The minimum Gasteiger partial charge on any atom is -0.389 e. The van der Waals surface area contributed by atoms with Crippen molar-refractivity contribution in [3.63, 3.8) is 0 Å². The molecule has 1 amide bonds. The van der Waals surface area contributed by atoms with Crippen LogP contribution < -0.4 is 11.5 Å². The average Bonchev–Trinajstić information content (AvgIpc) is 2.38. The molecule has 0 saturated carbocycles. The van der Waals surface area contributed by atoms with Crippen LogP contribution in [0.3, 0.4) is 0 Å². The summed E-state index contributed by atoms with van der Waals surface area (Å²) in [6.07, 6.45) is 0. The Morgan fingerprint density at radius 1 is 1.05 bits per heavy atom. The van der Waals surface area contributed by atoms with Gasteiger partial charge in [0.15, 0.2) is 0 Å². The van der Waals surface area contributed by atoms with Gasteiger partial charge >= 0.3 is 0 Å². The van der Waals surface area contributed by atoms with Crippen molar-refractivity contribution in [3.8, 4) is 11.1 Å². The number of carbonyl (C=O) groups is 1. The summed E-state index contributed by atoms with van der Waals surface area (Å²) in [5, 5.41) is 0. The van der Waals surface area contributed by atoms with Gasteiger partial charge in [-0.3, -0.25) is 4.79 Å². The van der Waals surface area contributed by atoms with Crippen molar-refractivity contribution in [1.82, 2.24) is 0 Å². The van der Waals surface area contributed by atoms with Gasteiger partial charge in [0.25, 0.3) is 0 Å². The molecule has 0 aliphatic heterocycles. The molecule has 2 aromatic rings. The fourth-order valence-corrected chi connectivity index (χ4v) is 2.49. The molecule has 0 aromatic heterocycles. The van der Waals surface area contributed by atoms with E-state index in [0.717, 1.165) is 15.6 Å². The van der Waals surface area contributed by atoms with Crippen LogP contribution in [0.15, 0.2) is 46.9 Å². The average molecular weight is 335 g/mol. The first-order valence-corrected chi connectivity index (χ1v) is 6.69. The van der Waals surface area contributed by atoms with Crippen LogP contribution >= 0.6 is 28.1 Å². The van der Waals surface area contributed by atoms with Crippen molar-refractivity contribution in [3.05, 3.63) is 58.1 Å². The van der Waals surface area contributed by atoms with Crippen molar-refractivity contribution in [2.75, 3.05) is 0 Å². The van der Waals surface area contributed by atoms with E-state index in [9.17, 15) is 4.79 Å². The van der Waals surface area contributed by atoms with Crippen LogP contribution in [0.1, 0.15) is 15.9 Å². The molecule has 0 heterocycles. The molecule has 3 nitrogen and oxygen atoms in total. The van der Waals surface area contributed by atoms with Gasteiger partial charge in [-0.25, -0.2) is 0 Å². The summed E-state index contributed by atoms with van der Waals surface area (Å²) in [6, 6.07) is 12.7. The van der Waals surface area contributed by atoms with Gasteiger partial charge in [0.05, 0.1) is 0 Å². The van der Waals surface area contributed by atoms with E-state index in [1.807, 2.05) is 24.3 Å². The van der Waals surface area contributed by atoms with Crippen LogP contribution in [-0.4, -0.2) is 10.9 Å². The maximum atomic E-state index is 11.3. The first-order chi connectivity index (χ1) is 9.00. The summed E-state index contributed by atoms with van der Waals surface area (Å²) in [6.45, 7) is 0. The van der Waals surface area contributed by atoms with Gasteiger partial charge in [-0.15, -0.1) is 0 Å². The zero-order valence-electron chi connectivity index (χ0n) is 9.89. The molecule has 5 heteroatoms. The minimum absolute atomic E-state index is 0.279. The Bertz CT molecular complexity index is 670. The SMILES string of the molecule is NC(=O)c1ccc(C(N)=S)c(-c2ccccc2Br)c1. The summed E-state index contributed by atoms with van der Waals surface area (Å²) >= 11 is 8.53. The molecule has 0 aliphatic carbocycles. The number of hydrogen-bond acceptors (Lipinski definition) is 2. The summed E-state index contributed by atoms with van der Waals surface area (Å²) in [5.74, 6) is -0.484. The molecule has 0 radical (unpaired) electrons. The Kier molecular flexibility index (Phi) is 3.97. The number of hydrogen-bond donors (Lipinski definition) is 2. The van der Waals surface area contributed by atoms with E-state index < -0.39 is 5.91 Å². The molecular formula is C14H11BrN2OS. The Labute approximate surface area is 124 Å². The van der Waals surface area contributed by atoms with E-state index in [4.69, 9.17) is 23.7 Å². The summed E-state index contributed by atoms with van der Waals surface area (Å²) in [7, 11) is 0. The number of thiocarbonyl (C=S) groups is 1. The number of nitrogens with two attached hydrogens (primary N) is 2. The Morgan fingerprint density at radius 3 is 2.32 bits per heavy atom. The van der Waals surface area contributed by atoms with E-state index in [1.165, 1.54) is 0 Å². The van der Waals surface area contributed by atoms with Crippen molar-refractivity contribution in [1.29, 1.82) is 0 Å². The zero-order chi connectivity index (χ0) is 14.0. The summed E-state index contributed by atoms with van der Waals surface area (Å²) in [4.78, 5) is 11.6. The van der Waals surface area contributed by atoms with Gasteiger partial charge in [0, 0.05) is 15.6 Å². The number of primary amides is 1. The molecule has 19 heavy (non-hydrogen) atoms. The smallest absolute Gasteiger partial charge is 0.248 e. The lowest BCUT2D eigenvalue weighted by Crippen LogP contribution is -2.14. The fourth-order valence-electron chi connectivity index (χ4n) is 1.81. The molecule has 96 valence electrons. The lowest BCUT2D eigenvalue weighted by Gasteiger charge is -2.11. The highest BCUT2D eigenvalue weighted by atomic mass is 79.9. The zero-order valence-corrected chi connectivity index (χ0v) is 12.3. The summed E-state index contributed by atoms with van der Waals surface area (Å²) in [5.41, 5.74) is 13.9. The largest absolute Gasteiger partial charge is 0.389 e. The number of carbonyl (C=O) groups excluding carboxylic acids is 1. The van der Waals surface area contributed by atoms with Crippen LogP contribution in [-0.2, 0) is 0 Å². The van der Waals surface area contributed by atoms with Gasteiger partial charge in [-0.2, -0.15) is 0 Å². The molecule has 2 rings (SSSR count). The Balaban J connectivity index is 2.72. The van der Waals surface area contributed by atoms with Crippen LogP contribution in [0.5, 0.6) is 0 Å². The van der Waals surface area contributed by atoms with Crippen molar-refractivity contribution in [2.24, 2.45) is 11.5 Å². The third-order valence-corrected chi connectivity index (χ3v) is 3.64.